The van der Waals surface area contributed by atoms with Gasteiger partial charge in [-0.25, -0.2) is 0 Å². The lowest BCUT2D eigenvalue weighted by molar-refractivity contribution is -0.0885. The summed E-state index contributed by atoms with van der Waals surface area (Å²) in [4.78, 5) is 2.27. The molecule has 0 spiro atoms. The van der Waals surface area contributed by atoms with Crippen molar-refractivity contribution in [3.63, 3.8) is 0 Å². The van der Waals surface area contributed by atoms with Crippen LogP contribution in [0.4, 0.5) is 0 Å². The molecule has 1 saturated heterocycles. The van der Waals surface area contributed by atoms with Gasteiger partial charge in [0.1, 0.15) is 18.5 Å². The molecule has 4 nitrogen and oxygen atoms in total. The number of thiophene rings is 1. The summed E-state index contributed by atoms with van der Waals surface area (Å²) >= 11 is 1.69. The molecule has 1 aliphatic rings. The van der Waals surface area contributed by atoms with Gasteiger partial charge in [0.15, 0.2) is 0 Å². The van der Waals surface area contributed by atoms with Crippen LogP contribution in [0.25, 0.3) is 0 Å². The van der Waals surface area contributed by atoms with Crippen molar-refractivity contribution in [2.24, 2.45) is 0 Å². The standard InChI is InChI=1S/C19H25NO3S/c1-14-5-3-4-6-18(14)22-12-17(21)10-20-9-15(2)23-19(11-20)16-7-8-24-13-16/h3-8,13,15,17,19,21H,9-12H2,1-2H3. The molecular weight excluding hydrogens is 322 g/mol. The number of rotatable bonds is 6. The first kappa shape index (κ1) is 17.4. The molecular formula is C19H25NO3S. The number of benzene rings is 1. The number of hydrogen-bond donors (Lipinski definition) is 1. The van der Waals surface area contributed by atoms with Gasteiger partial charge in [0.2, 0.25) is 0 Å². The van der Waals surface area contributed by atoms with Crippen molar-refractivity contribution in [2.45, 2.75) is 32.2 Å². The van der Waals surface area contributed by atoms with E-state index >= 15 is 0 Å². The number of β-amino-alcohol motifs (C(OH)–C–C–N with tert-alkyl or cyclic N) is 1. The Labute approximate surface area is 147 Å². The first-order chi connectivity index (χ1) is 11.6. The molecule has 24 heavy (non-hydrogen) atoms. The van der Waals surface area contributed by atoms with Crippen LogP contribution in [0, 0.1) is 6.92 Å². The lowest BCUT2D eigenvalue weighted by Crippen LogP contribution is -2.46. The number of aryl methyl sites for hydroxylation is 1. The Bertz CT molecular complexity index is 631. The summed E-state index contributed by atoms with van der Waals surface area (Å²) in [6.07, 6.45) is -0.268. The van der Waals surface area contributed by atoms with Crippen LogP contribution in [-0.2, 0) is 4.74 Å². The van der Waals surface area contributed by atoms with Gasteiger partial charge >= 0.3 is 0 Å². The zero-order chi connectivity index (χ0) is 16.9. The second-order valence-electron chi connectivity index (χ2n) is 6.44. The van der Waals surface area contributed by atoms with Gasteiger partial charge in [0.05, 0.1) is 12.2 Å². The Balaban J connectivity index is 1.52. The fourth-order valence-corrected chi connectivity index (χ4v) is 3.79. The van der Waals surface area contributed by atoms with E-state index in [0.717, 1.165) is 24.4 Å². The monoisotopic (exact) mass is 347 g/mol. The van der Waals surface area contributed by atoms with Crippen molar-refractivity contribution in [3.8, 4) is 5.75 Å². The molecule has 130 valence electrons. The fraction of sp³-hybridized carbons (Fsp3) is 0.474. The lowest BCUT2D eigenvalue weighted by atomic mass is 10.1. The molecule has 0 aliphatic carbocycles. The van der Waals surface area contributed by atoms with Gasteiger partial charge in [0, 0.05) is 19.6 Å². The number of hydrogen-bond acceptors (Lipinski definition) is 5. The third-order valence-electron chi connectivity index (χ3n) is 4.24. The third-order valence-corrected chi connectivity index (χ3v) is 4.95. The van der Waals surface area contributed by atoms with E-state index in [4.69, 9.17) is 9.47 Å². The van der Waals surface area contributed by atoms with E-state index in [9.17, 15) is 5.11 Å². The van der Waals surface area contributed by atoms with Crippen LogP contribution in [0.3, 0.4) is 0 Å². The second kappa shape index (κ2) is 8.12. The molecule has 2 aromatic rings. The summed E-state index contributed by atoms with van der Waals surface area (Å²) in [7, 11) is 0. The molecule has 0 amide bonds. The predicted octanol–water partition coefficient (Wildman–Crippen LogP) is 3.26. The molecule has 1 N–H and O–H groups in total. The maximum Gasteiger partial charge on any atom is 0.122 e. The molecule has 1 aromatic heterocycles. The molecule has 3 atom stereocenters. The van der Waals surface area contributed by atoms with E-state index < -0.39 is 6.10 Å². The van der Waals surface area contributed by atoms with Gasteiger partial charge in [0.25, 0.3) is 0 Å². The van der Waals surface area contributed by atoms with E-state index in [2.05, 4.69) is 28.7 Å². The van der Waals surface area contributed by atoms with Crippen molar-refractivity contribution in [3.05, 3.63) is 52.2 Å². The molecule has 1 aliphatic heterocycles. The average molecular weight is 347 g/mol. The van der Waals surface area contributed by atoms with E-state index in [0.29, 0.717) is 13.2 Å². The topological polar surface area (TPSA) is 41.9 Å². The molecule has 1 aromatic carbocycles. The third kappa shape index (κ3) is 4.57. The Morgan fingerprint density at radius 2 is 2.17 bits per heavy atom. The highest BCUT2D eigenvalue weighted by Crippen LogP contribution is 2.27. The largest absolute Gasteiger partial charge is 0.491 e. The van der Waals surface area contributed by atoms with E-state index in [1.54, 1.807) is 11.3 Å². The van der Waals surface area contributed by atoms with Crippen LogP contribution in [0.5, 0.6) is 5.75 Å². The van der Waals surface area contributed by atoms with Gasteiger partial charge in [-0.2, -0.15) is 11.3 Å². The maximum absolute atomic E-state index is 10.4. The highest BCUT2D eigenvalue weighted by atomic mass is 32.1. The van der Waals surface area contributed by atoms with E-state index in [-0.39, 0.29) is 12.2 Å². The fourth-order valence-electron chi connectivity index (χ4n) is 3.09. The number of para-hydroxylation sites is 1. The van der Waals surface area contributed by atoms with Gasteiger partial charge in [-0.3, -0.25) is 4.90 Å². The van der Waals surface area contributed by atoms with E-state index in [1.165, 1.54) is 5.56 Å². The van der Waals surface area contributed by atoms with Gasteiger partial charge in [-0.05, 0) is 47.9 Å². The van der Waals surface area contributed by atoms with E-state index in [1.807, 2.05) is 31.2 Å². The SMILES string of the molecule is Cc1ccccc1OCC(O)CN1CC(C)OC(c2ccsc2)C1. The molecule has 3 rings (SSSR count). The van der Waals surface area contributed by atoms with Crippen LogP contribution in [-0.4, -0.2) is 48.5 Å². The van der Waals surface area contributed by atoms with Crippen molar-refractivity contribution >= 4 is 11.3 Å². The van der Waals surface area contributed by atoms with Crippen molar-refractivity contribution in [1.29, 1.82) is 0 Å². The molecule has 5 heteroatoms. The number of aliphatic hydroxyl groups excluding tert-OH is 1. The smallest absolute Gasteiger partial charge is 0.122 e. The summed E-state index contributed by atoms with van der Waals surface area (Å²) in [6.45, 7) is 6.64. The van der Waals surface area contributed by atoms with Crippen LogP contribution >= 0.6 is 11.3 Å². The number of aliphatic hydroxyl groups is 1. The summed E-state index contributed by atoms with van der Waals surface area (Å²) < 4.78 is 11.8. The van der Waals surface area contributed by atoms with Gasteiger partial charge in [-0.1, -0.05) is 18.2 Å². The summed E-state index contributed by atoms with van der Waals surface area (Å²) in [5.74, 6) is 0.836. The Kier molecular flexibility index (Phi) is 5.89. The highest BCUT2D eigenvalue weighted by Gasteiger charge is 2.27. The minimum absolute atomic E-state index is 0.0875. The molecule has 0 bridgehead atoms. The Morgan fingerprint density at radius 3 is 2.92 bits per heavy atom. The normalized spacial score (nSPS) is 23.1. The number of morpholine rings is 1. The quantitative estimate of drug-likeness (QED) is 0.871. The van der Waals surface area contributed by atoms with Gasteiger partial charge < -0.3 is 14.6 Å². The summed E-state index contributed by atoms with van der Waals surface area (Å²) in [6, 6.07) is 9.99. The first-order valence-electron chi connectivity index (χ1n) is 8.38. The number of nitrogens with zero attached hydrogens (tertiary/aromatic N) is 1. The van der Waals surface area contributed by atoms with Gasteiger partial charge in [-0.15, -0.1) is 0 Å². The molecule has 0 saturated carbocycles. The maximum atomic E-state index is 10.4. The van der Waals surface area contributed by atoms with Crippen molar-refractivity contribution in [2.75, 3.05) is 26.2 Å². The molecule has 2 heterocycles. The molecule has 0 radical (unpaired) electrons. The lowest BCUT2D eigenvalue weighted by Gasteiger charge is -2.37. The summed E-state index contributed by atoms with van der Waals surface area (Å²) in [5.41, 5.74) is 2.31. The molecule has 3 unspecified atom stereocenters. The van der Waals surface area contributed by atoms with Crippen LogP contribution in [0.15, 0.2) is 41.1 Å². The second-order valence-corrected chi connectivity index (χ2v) is 7.22. The minimum atomic E-state index is -0.516. The minimum Gasteiger partial charge on any atom is -0.491 e. The first-order valence-corrected chi connectivity index (χ1v) is 9.32. The zero-order valence-electron chi connectivity index (χ0n) is 14.2. The Morgan fingerprint density at radius 1 is 1.33 bits per heavy atom. The van der Waals surface area contributed by atoms with Crippen LogP contribution < -0.4 is 4.74 Å². The van der Waals surface area contributed by atoms with Crippen molar-refractivity contribution in [1.82, 2.24) is 4.90 Å². The zero-order valence-corrected chi connectivity index (χ0v) is 15.0. The molecule has 1 fully saturated rings. The summed E-state index contributed by atoms with van der Waals surface area (Å²) in [5, 5.41) is 14.6. The highest BCUT2D eigenvalue weighted by molar-refractivity contribution is 7.07. The average Bonchev–Trinajstić information content (AvgIpc) is 3.08. The predicted molar refractivity (Wildman–Crippen MR) is 96.7 cm³/mol. The number of ether oxygens (including phenoxy) is 2. The van der Waals surface area contributed by atoms with Crippen molar-refractivity contribution < 1.29 is 14.6 Å². The van der Waals surface area contributed by atoms with Crippen LogP contribution in [0.2, 0.25) is 0 Å². The Hall–Kier alpha value is -1.40. The van der Waals surface area contributed by atoms with Crippen LogP contribution in [0.1, 0.15) is 24.2 Å².